The molecule has 192 valence electrons. The normalized spacial score (nSPS) is 20.2. The number of ether oxygens (including phenoxy) is 2. The van der Waals surface area contributed by atoms with Gasteiger partial charge in [-0.1, -0.05) is 18.2 Å². The molecule has 2 aromatic carbocycles. The summed E-state index contributed by atoms with van der Waals surface area (Å²) in [5, 5.41) is 0. The van der Waals surface area contributed by atoms with Gasteiger partial charge in [-0.25, -0.2) is 4.39 Å². The third-order valence-electron chi connectivity index (χ3n) is 7.04. The number of imide groups is 1. The number of rotatable bonds is 9. The Morgan fingerprint density at radius 2 is 1.69 bits per heavy atom. The molecule has 36 heavy (non-hydrogen) atoms. The van der Waals surface area contributed by atoms with E-state index in [1.54, 1.807) is 48.4 Å². The Kier molecular flexibility index (Phi) is 7.88. The summed E-state index contributed by atoms with van der Waals surface area (Å²) < 4.78 is 23.9. The molecule has 8 nitrogen and oxygen atoms in total. The Hall–Kier alpha value is -3.46. The number of hydrogen-bond acceptors (Lipinski definition) is 6. The summed E-state index contributed by atoms with van der Waals surface area (Å²) in [6.45, 7) is 2.79. The monoisotopic (exact) mass is 497 g/mol. The van der Waals surface area contributed by atoms with Crippen LogP contribution in [0.1, 0.15) is 24.8 Å². The van der Waals surface area contributed by atoms with E-state index in [4.69, 9.17) is 9.47 Å². The van der Waals surface area contributed by atoms with Crippen molar-refractivity contribution >= 4 is 23.4 Å². The third kappa shape index (κ3) is 5.06. The predicted molar refractivity (Wildman–Crippen MR) is 132 cm³/mol. The fourth-order valence-corrected chi connectivity index (χ4v) is 5.11. The summed E-state index contributed by atoms with van der Waals surface area (Å²) in [6.07, 6.45) is 0.324. The average Bonchev–Trinajstić information content (AvgIpc) is 3.14. The molecule has 0 N–H and O–H groups in total. The molecule has 3 amide bonds. The highest BCUT2D eigenvalue weighted by molar-refractivity contribution is 6.11. The number of para-hydroxylation sites is 1. The van der Waals surface area contributed by atoms with Gasteiger partial charge in [0.1, 0.15) is 11.6 Å². The molecule has 0 spiro atoms. The molecular formula is C27H32FN3O5. The van der Waals surface area contributed by atoms with Crippen LogP contribution in [0.4, 0.5) is 10.1 Å². The smallest absolute Gasteiger partial charge is 0.241 e. The molecule has 0 saturated carbocycles. The number of anilines is 1. The van der Waals surface area contributed by atoms with Crippen molar-refractivity contribution in [3.8, 4) is 5.75 Å². The summed E-state index contributed by atoms with van der Waals surface area (Å²) in [7, 11) is 3.09. The van der Waals surface area contributed by atoms with Gasteiger partial charge in [-0.2, -0.15) is 0 Å². The molecule has 2 aliphatic heterocycles. The first-order chi connectivity index (χ1) is 17.4. The predicted octanol–water partition coefficient (Wildman–Crippen LogP) is 2.61. The lowest BCUT2D eigenvalue weighted by Gasteiger charge is -2.38. The average molecular weight is 498 g/mol. The van der Waals surface area contributed by atoms with Crippen molar-refractivity contribution in [1.29, 1.82) is 0 Å². The molecule has 2 aromatic rings. The van der Waals surface area contributed by atoms with Crippen molar-refractivity contribution in [1.82, 2.24) is 9.80 Å². The van der Waals surface area contributed by atoms with E-state index < -0.39 is 5.41 Å². The number of carbonyl (C=O) groups is 3. The quantitative estimate of drug-likeness (QED) is 0.392. The van der Waals surface area contributed by atoms with Gasteiger partial charge < -0.3 is 19.3 Å². The van der Waals surface area contributed by atoms with Crippen molar-refractivity contribution in [2.45, 2.75) is 24.7 Å². The molecule has 2 saturated heterocycles. The highest BCUT2D eigenvalue weighted by Crippen LogP contribution is 2.44. The SMILES string of the molecule is COCCCN1C(=O)C[C@](CC(=O)N2CCN(c3ccc(F)cc3)CC2)(c2ccccc2OC)C1=O. The molecule has 1 atom stereocenters. The van der Waals surface area contributed by atoms with Crippen molar-refractivity contribution in [2.24, 2.45) is 0 Å². The van der Waals surface area contributed by atoms with Crippen LogP contribution in [-0.4, -0.2) is 81.1 Å². The topological polar surface area (TPSA) is 79.4 Å². The summed E-state index contributed by atoms with van der Waals surface area (Å²) >= 11 is 0. The fourth-order valence-electron chi connectivity index (χ4n) is 5.11. The number of nitrogens with zero attached hydrogens (tertiary/aromatic N) is 3. The molecule has 2 aliphatic rings. The lowest BCUT2D eigenvalue weighted by molar-refractivity contribution is -0.143. The standard InChI is InChI=1S/C27H32FN3O5/c1-35-17-5-12-31-25(33)19-27(26(31)34,22-6-3-4-7-23(22)36-2)18-24(32)30-15-13-29(14-16-30)21-10-8-20(28)9-11-21/h3-4,6-11H,5,12-19H2,1-2H3/t27-/m1/s1. The molecule has 2 heterocycles. The molecular weight excluding hydrogens is 465 g/mol. The van der Waals surface area contributed by atoms with Crippen LogP contribution in [0.3, 0.4) is 0 Å². The Morgan fingerprint density at radius 1 is 1.00 bits per heavy atom. The molecule has 0 radical (unpaired) electrons. The van der Waals surface area contributed by atoms with Gasteiger partial charge in [0.25, 0.3) is 0 Å². The number of likely N-dealkylation sites (tertiary alicyclic amines) is 1. The maximum atomic E-state index is 13.8. The summed E-state index contributed by atoms with van der Waals surface area (Å²) in [5.74, 6) is -0.658. The Morgan fingerprint density at radius 3 is 2.36 bits per heavy atom. The molecule has 0 aliphatic carbocycles. The largest absolute Gasteiger partial charge is 0.496 e. The van der Waals surface area contributed by atoms with Gasteiger partial charge in [-0.15, -0.1) is 0 Å². The minimum absolute atomic E-state index is 0.0829. The van der Waals surface area contributed by atoms with E-state index in [0.29, 0.717) is 50.5 Å². The van der Waals surface area contributed by atoms with Gasteiger partial charge >= 0.3 is 0 Å². The van der Waals surface area contributed by atoms with E-state index in [1.807, 2.05) is 0 Å². The van der Waals surface area contributed by atoms with Crippen LogP contribution >= 0.6 is 0 Å². The van der Waals surface area contributed by atoms with Crippen molar-refractivity contribution in [3.63, 3.8) is 0 Å². The number of benzene rings is 2. The van der Waals surface area contributed by atoms with Crippen molar-refractivity contribution in [2.75, 3.05) is 58.5 Å². The Bertz CT molecular complexity index is 1100. The van der Waals surface area contributed by atoms with Crippen molar-refractivity contribution < 1.29 is 28.2 Å². The molecule has 9 heteroatoms. The number of halogens is 1. The van der Waals surface area contributed by atoms with E-state index in [0.717, 1.165) is 5.69 Å². The molecule has 0 aromatic heterocycles. The van der Waals surface area contributed by atoms with Gasteiger partial charge in [0.2, 0.25) is 17.7 Å². The highest BCUT2D eigenvalue weighted by Gasteiger charge is 2.55. The first-order valence-electron chi connectivity index (χ1n) is 12.1. The van der Waals surface area contributed by atoms with E-state index >= 15 is 0 Å². The molecule has 0 unspecified atom stereocenters. The van der Waals surface area contributed by atoms with Crippen LogP contribution in [0.25, 0.3) is 0 Å². The van der Waals surface area contributed by atoms with Crippen LogP contribution in [-0.2, 0) is 24.5 Å². The summed E-state index contributed by atoms with van der Waals surface area (Å²) in [6, 6.07) is 13.4. The molecule has 2 fully saturated rings. The van der Waals surface area contributed by atoms with E-state index in [-0.39, 0.29) is 42.9 Å². The Labute approximate surface area is 210 Å². The highest BCUT2D eigenvalue weighted by atomic mass is 19.1. The molecule has 0 bridgehead atoms. The van der Waals surface area contributed by atoms with Gasteiger partial charge in [-0.05, 0) is 36.8 Å². The van der Waals surface area contributed by atoms with Crippen LogP contribution in [0, 0.1) is 5.82 Å². The van der Waals surface area contributed by atoms with Gasteiger partial charge in [0.15, 0.2) is 0 Å². The fraction of sp³-hybridized carbons (Fsp3) is 0.444. The minimum atomic E-state index is -1.32. The summed E-state index contributed by atoms with van der Waals surface area (Å²) in [5.41, 5.74) is 0.137. The maximum absolute atomic E-state index is 13.8. The lowest BCUT2D eigenvalue weighted by Crippen LogP contribution is -2.51. The third-order valence-corrected chi connectivity index (χ3v) is 7.04. The van der Waals surface area contributed by atoms with Crippen LogP contribution in [0.2, 0.25) is 0 Å². The number of methoxy groups -OCH3 is 2. The number of piperazine rings is 1. The van der Waals surface area contributed by atoms with E-state index in [1.165, 1.54) is 24.1 Å². The van der Waals surface area contributed by atoms with E-state index in [9.17, 15) is 18.8 Å². The van der Waals surface area contributed by atoms with Crippen LogP contribution in [0.5, 0.6) is 5.75 Å². The van der Waals surface area contributed by atoms with Gasteiger partial charge in [-0.3, -0.25) is 19.3 Å². The summed E-state index contributed by atoms with van der Waals surface area (Å²) in [4.78, 5) is 45.4. The van der Waals surface area contributed by atoms with Gasteiger partial charge in [0.05, 0.1) is 12.5 Å². The maximum Gasteiger partial charge on any atom is 0.241 e. The number of carbonyl (C=O) groups excluding carboxylic acids is 3. The molecule has 4 rings (SSSR count). The Balaban J connectivity index is 1.54. The zero-order valence-electron chi connectivity index (χ0n) is 20.7. The number of amides is 3. The minimum Gasteiger partial charge on any atom is -0.496 e. The van der Waals surface area contributed by atoms with Crippen molar-refractivity contribution in [3.05, 3.63) is 59.9 Å². The van der Waals surface area contributed by atoms with Gasteiger partial charge in [0, 0.05) is 70.5 Å². The number of hydrogen-bond donors (Lipinski definition) is 0. The second kappa shape index (κ2) is 11.1. The first-order valence-corrected chi connectivity index (χ1v) is 12.1. The second-order valence-corrected chi connectivity index (χ2v) is 9.18. The van der Waals surface area contributed by atoms with Crippen LogP contribution < -0.4 is 9.64 Å². The first kappa shape index (κ1) is 25.6. The van der Waals surface area contributed by atoms with E-state index in [2.05, 4.69) is 4.90 Å². The lowest BCUT2D eigenvalue weighted by atomic mass is 9.75. The second-order valence-electron chi connectivity index (χ2n) is 9.18. The zero-order chi connectivity index (χ0) is 25.7. The van der Waals surface area contributed by atoms with Crippen LogP contribution in [0.15, 0.2) is 48.5 Å². The zero-order valence-corrected chi connectivity index (χ0v) is 20.7.